The van der Waals surface area contributed by atoms with Crippen LogP contribution in [0, 0.1) is 0 Å². The van der Waals surface area contributed by atoms with Gasteiger partial charge in [0, 0.05) is 14.2 Å². The molecule has 0 heterocycles. The number of urea groups is 1. The van der Waals surface area contributed by atoms with Crippen molar-refractivity contribution < 1.29 is 29.6 Å². The molecule has 21 heavy (non-hydrogen) atoms. The van der Waals surface area contributed by atoms with Crippen molar-refractivity contribution in [3.63, 3.8) is 0 Å². The minimum Gasteiger partial charge on any atom is -0.505 e. The summed E-state index contributed by atoms with van der Waals surface area (Å²) in [5.41, 5.74) is -0.331. The maximum Gasteiger partial charge on any atom is 0.339 e. The zero-order valence-electron chi connectivity index (χ0n) is 11.7. The Bertz CT molecular complexity index is 519. The SMILES string of the molecule is COCC(O)CN(C)C(=O)Nc1cccc(C(=O)O)c1O. The minimum absolute atomic E-state index is 0.0204. The number of aromatic hydroxyl groups is 1. The van der Waals surface area contributed by atoms with Gasteiger partial charge in [0.15, 0.2) is 5.75 Å². The number of likely N-dealkylation sites (N-methyl/N-ethyl adjacent to an activating group) is 1. The number of aromatic carboxylic acids is 1. The number of aliphatic hydroxyl groups excluding tert-OH is 1. The van der Waals surface area contributed by atoms with Crippen LogP contribution in [0.15, 0.2) is 18.2 Å². The van der Waals surface area contributed by atoms with E-state index in [9.17, 15) is 19.8 Å². The number of nitrogens with one attached hydrogen (secondary N) is 1. The van der Waals surface area contributed by atoms with E-state index in [4.69, 9.17) is 9.84 Å². The van der Waals surface area contributed by atoms with Gasteiger partial charge in [0.2, 0.25) is 0 Å². The maximum absolute atomic E-state index is 11.9. The maximum atomic E-state index is 11.9. The molecule has 0 radical (unpaired) electrons. The zero-order chi connectivity index (χ0) is 16.0. The molecule has 0 aliphatic rings. The highest BCUT2D eigenvalue weighted by Gasteiger charge is 2.17. The molecule has 1 aromatic carbocycles. The molecule has 0 saturated carbocycles. The number of aliphatic hydroxyl groups is 1. The first-order valence-corrected chi connectivity index (χ1v) is 6.11. The van der Waals surface area contributed by atoms with Gasteiger partial charge in [0.1, 0.15) is 5.56 Å². The first kappa shape index (κ1) is 16.7. The molecule has 8 heteroatoms. The number of carboxylic acid groups (broad SMARTS) is 1. The molecule has 4 N–H and O–H groups in total. The van der Waals surface area contributed by atoms with E-state index in [1.165, 1.54) is 37.3 Å². The Morgan fingerprint density at radius 1 is 1.43 bits per heavy atom. The normalized spacial score (nSPS) is 11.8. The number of hydrogen-bond acceptors (Lipinski definition) is 5. The molecule has 1 rings (SSSR count). The van der Waals surface area contributed by atoms with E-state index in [2.05, 4.69) is 5.32 Å². The molecule has 0 bridgehead atoms. The van der Waals surface area contributed by atoms with Crippen LogP contribution in [0.25, 0.3) is 0 Å². The third-order valence-corrected chi connectivity index (χ3v) is 2.70. The van der Waals surface area contributed by atoms with Crippen molar-refractivity contribution >= 4 is 17.7 Å². The largest absolute Gasteiger partial charge is 0.505 e. The van der Waals surface area contributed by atoms with E-state index < -0.39 is 23.9 Å². The molecule has 116 valence electrons. The van der Waals surface area contributed by atoms with Gasteiger partial charge in [0.05, 0.1) is 24.9 Å². The third kappa shape index (κ3) is 4.62. The van der Waals surface area contributed by atoms with Gasteiger partial charge in [-0.3, -0.25) is 0 Å². The lowest BCUT2D eigenvalue weighted by atomic mass is 10.1. The lowest BCUT2D eigenvalue weighted by Crippen LogP contribution is -2.38. The Morgan fingerprint density at radius 3 is 2.67 bits per heavy atom. The van der Waals surface area contributed by atoms with Crippen molar-refractivity contribution in [2.45, 2.75) is 6.10 Å². The Kier molecular flexibility index (Phi) is 5.94. The average molecular weight is 298 g/mol. The van der Waals surface area contributed by atoms with E-state index in [-0.39, 0.29) is 24.4 Å². The fraction of sp³-hybridized carbons (Fsp3) is 0.385. The van der Waals surface area contributed by atoms with Gasteiger partial charge in [-0.15, -0.1) is 0 Å². The second-order valence-corrected chi connectivity index (χ2v) is 4.43. The molecule has 0 saturated heterocycles. The number of methoxy groups -OCH3 is 1. The van der Waals surface area contributed by atoms with E-state index >= 15 is 0 Å². The predicted molar refractivity (Wildman–Crippen MR) is 74.6 cm³/mol. The smallest absolute Gasteiger partial charge is 0.339 e. The monoisotopic (exact) mass is 298 g/mol. The van der Waals surface area contributed by atoms with Crippen molar-refractivity contribution in [3.05, 3.63) is 23.8 Å². The summed E-state index contributed by atoms with van der Waals surface area (Å²) in [5.74, 6) is -1.82. The Hall–Kier alpha value is -2.32. The summed E-state index contributed by atoms with van der Waals surface area (Å²) in [6.07, 6.45) is -0.843. The number of benzene rings is 1. The number of carboxylic acids is 1. The quantitative estimate of drug-likeness (QED) is 0.570. The van der Waals surface area contributed by atoms with E-state index in [1.807, 2.05) is 0 Å². The predicted octanol–water partition coefficient (Wildman–Crippen LogP) is 0.561. The number of para-hydroxylation sites is 1. The van der Waals surface area contributed by atoms with Gasteiger partial charge >= 0.3 is 12.0 Å². The van der Waals surface area contributed by atoms with E-state index in [1.54, 1.807) is 0 Å². The molecule has 8 nitrogen and oxygen atoms in total. The molecule has 1 aromatic rings. The molecule has 1 unspecified atom stereocenters. The van der Waals surface area contributed by atoms with Crippen molar-refractivity contribution in [2.75, 3.05) is 32.6 Å². The molecule has 0 aliphatic carbocycles. The molecule has 0 fully saturated rings. The van der Waals surface area contributed by atoms with Crippen LogP contribution in [-0.4, -0.2) is 65.6 Å². The highest BCUT2D eigenvalue weighted by atomic mass is 16.5. The highest BCUT2D eigenvalue weighted by Crippen LogP contribution is 2.27. The van der Waals surface area contributed by atoms with Gasteiger partial charge < -0.3 is 30.3 Å². The lowest BCUT2D eigenvalue weighted by molar-refractivity contribution is 0.0501. The molecular formula is C13H18N2O6. The summed E-state index contributed by atoms with van der Waals surface area (Å²) < 4.78 is 4.75. The van der Waals surface area contributed by atoms with E-state index in [0.29, 0.717) is 0 Å². The second-order valence-electron chi connectivity index (χ2n) is 4.43. The van der Waals surface area contributed by atoms with Crippen LogP contribution >= 0.6 is 0 Å². The number of amides is 2. The minimum atomic E-state index is -1.30. The number of rotatable bonds is 6. The van der Waals surface area contributed by atoms with Crippen LogP contribution in [-0.2, 0) is 4.74 Å². The number of nitrogens with zero attached hydrogens (tertiary/aromatic N) is 1. The Balaban J connectivity index is 2.75. The van der Waals surface area contributed by atoms with Crippen LogP contribution in [0.4, 0.5) is 10.5 Å². The summed E-state index contributed by atoms with van der Waals surface area (Å²) in [5, 5.41) is 30.6. The van der Waals surface area contributed by atoms with Crippen molar-refractivity contribution in [1.29, 1.82) is 0 Å². The molecule has 0 spiro atoms. The van der Waals surface area contributed by atoms with Crippen LogP contribution in [0.5, 0.6) is 5.75 Å². The van der Waals surface area contributed by atoms with Gasteiger partial charge in [-0.05, 0) is 12.1 Å². The number of anilines is 1. The first-order chi connectivity index (χ1) is 9.86. The van der Waals surface area contributed by atoms with Gasteiger partial charge in [-0.25, -0.2) is 9.59 Å². The molecule has 0 aliphatic heterocycles. The van der Waals surface area contributed by atoms with Crippen molar-refractivity contribution in [1.82, 2.24) is 4.90 Å². The Morgan fingerprint density at radius 2 is 2.10 bits per heavy atom. The van der Waals surface area contributed by atoms with E-state index in [0.717, 1.165) is 0 Å². The van der Waals surface area contributed by atoms with Crippen LogP contribution in [0.1, 0.15) is 10.4 Å². The number of ether oxygens (including phenoxy) is 1. The topological polar surface area (TPSA) is 119 Å². The van der Waals surface area contributed by atoms with Crippen molar-refractivity contribution in [3.8, 4) is 5.75 Å². The number of carbonyl (C=O) groups excluding carboxylic acids is 1. The average Bonchev–Trinajstić information content (AvgIpc) is 2.40. The summed E-state index contributed by atoms with van der Waals surface area (Å²) in [6.45, 7) is 0.108. The van der Waals surface area contributed by atoms with Gasteiger partial charge in [0.25, 0.3) is 0 Å². The zero-order valence-corrected chi connectivity index (χ0v) is 11.7. The standard InChI is InChI=1S/C13H18N2O6/c1-15(6-8(16)7-21-2)13(20)14-10-5-3-4-9(11(10)17)12(18)19/h3-5,8,16-17H,6-7H2,1-2H3,(H,14,20)(H,18,19). The first-order valence-electron chi connectivity index (χ1n) is 6.11. The summed E-state index contributed by atoms with van der Waals surface area (Å²) in [4.78, 5) is 24.0. The highest BCUT2D eigenvalue weighted by molar-refractivity contribution is 5.97. The summed E-state index contributed by atoms with van der Waals surface area (Å²) in [6, 6.07) is 3.40. The third-order valence-electron chi connectivity index (χ3n) is 2.70. The summed E-state index contributed by atoms with van der Waals surface area (Å²) in [7, 11) is 2.88. The Labute approximate surface area is 121 Å². The fourth-order valence-corrected chi connectivity index (χ4v) is 1.67. The summed E-state index contributed by atoms with van der Waals surface area (Å²) >= 11 is 0. The molecular weight excluding hydrogens is 280 g/mol. The van der Waals surface area contributed by atoms with Gasteiger partial charge in [-0.1, -0.05) is 6.07 Å². The fourth-order valence-electron chi connectivity index (χ4n) is 1.67. The number of hydrogen-bond donors (Lipinski definition) is 4. The van der Waals surface area contributed by atoms with Crippen LogP contribution in [0.2, 0.25) is 0 Å². The molecule has 1 atom stereocenters. The van der Waals surface area contributed by atoms with Gasteiger partial charge in [-0.2, -0.15) is 0 Å². The van der Waals surface area contributed by atoms with Crippen molar-refractivity contribution in [2.24, 2.45) is 0 Å². The molecule has 2 amide bonds. The second kappa shape index (κ2) is 7.46. The number of carbonyl (C=O) groups is 2. The van der Waals surface area contributed by atoms with Crippen LogP contribution in [0.3, 0.4) is 0 Å². The van der Waals surface area contributed by atoms with Crippen LogP contribution < -0.4 is 5.32 Å². The number of phenols is 1. The lowest BCUT2D eigenvalue weighted by Gasteiger charge is -2.21. The molecule has 0 aromatic heterocycles.